The third kappa shape index (κ3) is 5.21. The predicted molar refractivity (Wildman–Crippen MR) is 86.4 cm³/mol. The number of halogens is 1. The molecule has 1 heterocycles. The van der Waals surface area contributed by atoms with E-state index >= 15 is 0 Å². The number of carbonyl (C=O) groups excluding carboxylic acids is 2. The molecule has 0 aliphatic carbocycles. The number of primary amides is 1. The van der Waals surface area contributed by atoms with Gasteiger partial charge < -0.3 is 16.4 Å². The molecule has 23 heavy (non-hydrogen) atoms. The number of piperidine rings is 1. The molecule has 1 aliphatic heterocycles. The molecule has 0 unspecified atom stereocenters. The highest BCUT2D eigenvalue weighted by atomic mass is 19.1. The van der Waals surface area contributed by atoms with Crippen molar-refractivity contribution in [2.24, 2.45) is 11.7 Å². The second-order valence-corrected chi connectivity index (χ2v) is 5.93. The fourth-order valence-corrected chi connectivity index (χ4v) is 2.77. The SMILES string of the molecule is C[C@H](C(N)=O)N1CCC[C@@H](CNC(=O)Nc2cccc(F)c2)C1. The standard InChI is InChI=1S/C16H23FN4O2/c1-11(15(18)22)21-7-3-4-12(10-21)9-19-16(23)20-14-6-2-5-13(17)8-14/h2,5-6,8,11-12H,3-4,7,9-10H2,1H3,(H2,18,22)(H2,19,20,23)/t11-,12+/m1/s1. The minimum absolute atomic E-state index is 0.267. The molecule has 1 aliphatic rings. The number of amides is 3. The zero-order chi connectivity index (χ0) is 16.8. The molecule has 3 amide bonds. The summed E-state index contributed by atoms with van der Waals surface area (Å²) >= 11 is 0. The van der Waals surface area contributed by atoms with Crippen molar-refractivity contribution in [3.63, 3.8) is 0 Å². The lowest BCUT2D eigenvalue weighted by Crippen LogP contribution is -2.49. The molecule has 126 valence electrons. The first-order valence-corrected chi connectivity index (χ1v) is 7.79. The Bertz CT molecular complexity index is 567. The lowest BCUT2D eigenvalue weighted by atomic mass is 9.96. The van der Waals surface area contributed by atoms with Crippen LogP contribution in [-0.2, 0) is 4.79 Å². The zero-order valence-electron chi connectivity index (χ0n) is 13.2. The van der Waals surface area contributed by atoms with Crippen LogP contribution in [0.5, 0.6) is 0 Å². The largest absolute Gasteiger partial charge is 0.368 e. The second-order valence-electron chi connectivity index (χ2n) is 5.93. The molecule has 7 heteroatoms. The summed E-state index contributed by atoms with van der Waals surface area (Å²) in [4.78, 5) is 25.2. The topological polar surface area (TPSA) is 87.5 Å². The number of likely N-dealkylation sites (tertiary alicyclic amines) is 1. The first kappa shape index (κ1) is 17.2. The Hall–Kier alpha value is -2.15. The molecule has 0 aromatic heterocycles. The predicted octanol–water partition coefficient (Wildman–Crippen LogP) is 1.53. The Morgan fingerprint density at radius 2 is 2.26 bits per heavy atom. The molecular weight excluding hydrogens is 299 g/mol. The maximum Gasteiger partial charge on any atom is 0.319 e. The van der Waals surface area contributed by atoms with Crippen molar-refractivity contribution in [1.29, 1.82) is 0 Å². The number of rotatable bonds is 5. The van der Waals surface area contributed by atoms with Gasteiger partial charge in [0.1, 0.15) is 5.82 Å². The van der Waals surface area contributed by atoms with Gasteiger partial charge in [-0.2, -0.15) is 0 Å². The van der Waals surface area contributed by atoms with Crippen molar-refractivity contribution < 1.29 is 14.0 Å². The van der Waals surface area contributed by atoms with Crippen LogP contribution in [-0.4, -0.2) is 42.5 Å². The van der Waals surface area contributed by atoms with Gasteiger partial charge in [0.25, 0.3) is 0 Å². The Kier molecular flexibility index (Phi) is 5.92. The first-order valence-electron chi connectivity index (χ1n) is 7.79. The molecule has 1 aromatic carbocycles. The maximum atomic E-state index is 13.1. The van der Waals surface area contributed by atoms with E-state index in [-0.39, 0.29) is 23.9 Å². The van der Waals surface area contributed by atoms with Crippen LogP contribution in [0, 0.1) is 11.7 Å². The summed E-state index contributed by atoms with van der Waals surface area (Å²) in [6, 6.07) is 5.08. The molecule has 1 aromatic rings. The molecule has 2 atom stereocenters. The van der Waals surface area contributed by atoms with Crippen LogP contribution < -0.4 is 16.4 Å². The van der Waals surface area contributed by atoms with Crippen molar-refractivity contribution in [2.45, 2.75) is 25.8 Å². The normalized spacial score (nSPS) is 19.8. The highest BCUT2D eigenvalue weighted by Gasteiger charge is 2.26. The van der Waals surface area contributed by atoms with E-state index in [1.807, 2.05) is 4.90 Å². The highest BCUT2D eigenvalue weighted by molar-refractivity contribution is 5.89. The molecule has 0 saturated carbocycles. The van der Waals surface area contributed by atoms with Crippen LogP contribution in [0.15, 0.2) is 24.3 Å². The Labute approximate surface area is 135 Å². The van der Waals surface area contributed by atoms with Crippen LogP contribution in [0.1, 0.15) is 19.8 Å². The molecule has 4 N–H and O–H groups in total. The van der Waals surface area contributed by atoms with Crippen molar-refractivity contribution in [2.75, 3.05) is 25.0 Å². The van der Waals surface area contributed by atoms with Crippen LogP contribution >= 0.6 is 0 Å². The van der Waals surface area contributed by atoms with Crippen molar-refractivity contribution in [1.82, 2.24) is 10.2 Å². The van der Waals surface area contributed by atoms with Gasteiger partial charge in [0.2, 0.25) is 5.91 Å². The summed E-state index contributed by atoms with van der Waals surface area (Å²) in [6.45, 7) is 3.87. The van der Waals surface area contributed by atoms with E-state index in [9.17, 15) is 14.0 Å². The van der Waals surface area contributed by atoms with Gasteiger partial charge in [0.05, 0.1) is 6.04 Å². The number of carbonyl (C=O) groups is 2. The van der Waals surface area contributed by atoms with Gasteiger partial charge in [-0.05, 0) is 50.4 Å². The number of nitrogens with two attached hydrogens (primary N) is 1. The summed E-state index contributed by atoms with van der Waals surface area (Å²) in [5.41, 5.74) is 5.75. The summed E-state index contributed by atoms with van der Waals surface area (Å²) in [6.07, 6.45) is 1.96. The Morgan fingerprint density at radius 1 is 1.48 bits per heavy atom. The van der Waals surface area contributed by atoms with Crippen LogP contribution in [0.2, 0.25) is 0 Å². The number of anilines is 1. The number of hydrogen-bond acceptors (Lipinski definition) is 3. The average molecular weight is 322 g/mol. The Morgan fingerprint density at radius 3 is 2.96 bits per heavy atom. The molecule has 1 saturated heterocycles. The molecule has 6 nitrogen and oxygen atoms in total. The minimum atomic E-state index is -0.397. The van der Waals surface area contributed by atoms with E-state index in [0.717, 1.165) is 25.9 Å². The van der Waals surface area contributed by atoms with Crippen molar-refractivity contribution in [3.05, 3.63) is 30.1 Å². The van der Waals surface area contributed by atoms with E-state index in [4.69, 9.17) is 5.73 Å². The van der Waals surface area contributed by atoms with E-state index in [0.29, 0.717) is 12.2 Å². The quantitative estimate of drug-likeness (QED) is 0.768. The molecule has 0 radical (unpaired) electrons. The number of benzene rings is 1. The van der Waals surface area contributed by atoms with Crippen LogP contribution in [0.4, 0.5) is 14.9 Å². The van der Waals surface area contributed by atoms with E-state index in [1.165, 1.54) is 18.2 Å². The molecule has 0 spiro atoms. The second kappa shape index (κ2) is 7.92. The number of nitrogens with one attached hydrogen (secondary N) is 2. The third-order valence-electron chi connectivity index (χ3n) is 4.14. The van der Waals surface area contributed by atoms with Crippen molar-refractivity contribution >= 4 is 17.6 Å². The molecular formula is C16H23FN4O2. The fraction of sp³-hybridized carbons (Fsp3) is 0.500. The lowest BCUT2D eigenvalue weighted by Gasteiger charge is -2.35. The van der Waals surface area contributed by atoms with Crippen LogP contribution in [0.3, 0.4) is 0 Å². The number of nitrogens with zero attached hydrogens (tertiary/aromatic N) is 1. The van der Waals surface area contributed by atoms with E-state index in [1.54, 1.807) is 13.0 Å². The molecule has 2 rings (SSSR count). The van der Waals surface area contributed by atoms with Gasteiger partial charge in [-0.1, -0.05) is 6.07 Å². The maximum absolute atomic E-state index is 13.1. The van der Waals surface area contributed by atoms with Gasteiger partial charge in [-0.15, -0.1) is 0 Å². The molecule has 1 fully saturated rings. The van der Waals surface area contributed by atoms with Gasteiger partial charge in [-0.25, -0.2) is 9.18 Å². The summed E-state index contributed by atoms with van der Waals surface area (Å²) < 4.78 is 13.1. The fourth-order valence-electron chi connectivity index (χ4n) is 2.77. The summed E-state index contributed by atoms with van der Waals surface area (Å²) in [5.74, 6) is -0.461. The van der Waals surface area contributed by atoms with Crippen molar-refractivity contribution in [3.8, 4) is 0 Å². The third-order valence-corrected chi connectivity index (χ3v) is 4.14. The summed E-state index contributed by atoms with van der Waals surface area (Å²) in [7, 11) is 0. The zero-order valence-corrected chi connectivity index (χ0v) is 13.2. The van der Waals surface area contributed by atoms with E-state index < -0.39 is 5.82 Å². The first-order chi connectivity index (χ1) is 11.0. The van der Waals surface area contributed by atoms with Crippen LogP contribution in [0.25, 0.3) is 0 Å². The lowest BCUT2D eigenvalue weighted by molar-refractivity contribution is -0.123. The van der Waals surface area contributed by atoms with E-state index in [2.05, 4.69) is 10.6 Å². The van der Waals surface area contributed by atoms with Gasteiger partial charge in [0.15, 0.2) is 0 Å². The van der Waals surface area contributed by atoms with Gasteiger partial charge >= 0.3 is 6.03 Å². The molecule has 0 bridgehead atoms. The smallest absolute Gasteiger partial charge is 0.319 e. The number of urea groups is 1. The van der Waals surface area contributed by atoms with Gasteiger partial charge in [0, 0.05) is 18.8 Å². The highest BCUT2D eigenvalue weighted by Crippen LogP contribution is 2.18. The summed E-state index contributed by atoms with van der Waals surface area (Å²) in [5, 5.41) is 5.39. The van der Waals surface area contributed by atoms with Gasteiger partial charge in [-0.3, -0.25) is 9.69 Å². The average Bonchev–Trinajstić information content (AvgIpc) is 2.52. The Balaban J connectivity index is 1.78. The number of hydrogen-bond donors (Lipinski definition) is 3. The minimum Gasteiger partial charge on any atom is -0.368 e. The monoisotopic (exact) mass is 322 g/mol.